The number of rotatable bonds is 8. The number of halogens is 1. The van der Waals surface area contributed by atoms with Crippen molar-refractivity contribution in [3.05, 3.63) is 70.9 Å². The number of carbonyl (C=O) groups excluding carboxylic acids is 1. The van der Waals surface area contributed by atoms with Crippen LogP contribution in [0.2, 0.25) is 5.02 Å². The minimum absolute atomic E-state index is 0.0655. The lowest BCUT2D eigenvalue weighted by atomic mass is 10.1. The number of amides is 1. The lowest BCUT2D eigenvalue weighted by molar-refractivity contribution is 0.0728. The van der Waals surface area contributed by atoms with Gasteiger partial charge in [0.2, 0.25) is 0 Å². The molecule has 0 bridgehead atoms. The molecule has 1 aromatic carbocycles. The van der Waals surface area contributed by atoms with E-state index in [0.717, 1.165) is 29.9 Å². The van der Waals surface area contributed by atoms with Crippen molar-refractivity contribution in [1.82, 2.24) is 14.7 Å². The van der Waals surface area contributed by atoms with Crippen LogP contribution in [0.15, 0.2) is 53.3 Å². The molecule has 3 aromatic rings. The van der Waals surface area contributed by atoms with Crippen LogP contribution in [0.25, 0.3) is 0 Å². The van der Waals surface area contributed by atoms with Crippen LogP contribution in [0.3, 0.4) is 0 Å². The van der Waals surface area contributed by atoms with Crippen molar-refractivity contribution in [3.8, 4) is 5.75 Å². The van der Waals surface area contributed by atoms with Crippen LogP contribution < -0.4 is 4.74 Å². The molecule has 0 fully saturated rings. The van der Waals surface area contributed by atoms with Crippen LogP contribution in [0.5, 0.6) is 5.75 Å². The number of benzene rings is 1. The Hall–Kier alpha value is -2.73. The average molecular weight is 402 g/mol. The van der Waals surface area contributed by atoms with Gasteiger partial charge in [0.15, 0.2) is 12.4 Å². The summed E-state index contributed by atoms with van der Waals surface area (Å²) in [5.41, 5.74) is 1.34. The van der Waals surface area contributed by atoms with Gasteiger partial charge in [0.05, 0.1) is 6.26 Å². The van der Waals surface area contributed by atoms with Gasteiger partial charge in [-0.1, -0.05) is 11.6 Å². The Kier molecular flexibility index (Phi) is 6.41. The summed E-state index contributed by atoms with van der Waals surface area (Å²) in [5.74, 6) is 1.54. The van der Waals surface area contributed by atoms with Crippen LogP contribution in [0.4, 0.5) is 0 Å². The number of ether oxygens (including phenoxy) is 1. The van der Waals surface area contributed by atoms with Gasteiger partial charge < -0.3 is 14.1 Å². The summed E-state index contributed by atoms with van der Waals surface area (Å²) in [6.07, 6.45) is 5.00. The van der Waals surface area contributed by atoms with Gasteiger partial charge in [-0.2, -0.15) is 5.10 Å². The first-order valence-corrected chi connectivity index (χ1v) is 9.54. The van der Waals surface area contributed by atoms with Crippen molar-refractivity contribution < 1.29 is 13.9 Å². The van der Waals surface area contributed by atoms with Crippen molar-refractivity contribution in [1.29, 1.82) is 0 Å². The molecular formula is C21H24ClN3O3. The van der Waals surface area contributed by atoms with E-state index < -0.39 is 0 Å². The minimum Gasteiger partial charge on any atom is -0.471 e. The summed E-state index contributed by atoms with van der Waals surface area (Å²) >= 11 is 5.96. The second kappa shape index (κ2) is 8.97. The van der Waals surface area contributed by atoms with Gasteiger partial charge in [-0.25, -0.2) is 4.68 Å². The fourth-order valence-corrected chi connectivity index (χ4v) is 3.07. The molecule has 1 unspecified atom stereocenters. The summed E-state index contributed by atoms with van der Waals surface area (Å²) in [6.45, 7) is 4.16. The second-order valence-electron chi connectivity index (χ2n) is 6.81. The third-order valence-electron chi connectivity index (χ3n) is 4.72. The molecule has 0 aliphatic rings. The van der Waals surface area contributed by atoms with Gasteiger partial charge in [-0.3, -0.25) is 4.79 Å². The molecule has 0 spiro atoms. The Bertz CT molecular complexity index is 921. The molecule has 0 radical (unpaired) electrons. The molecule has 1 amide bonds. The highest BCUT2D eigenvalue weighted by molar-refractivity contribution is 6.30. The molecular weight excluding hydrogens is 378 g/mol. The number of nitrogens with zero attached hydrogens (tertiary/aromatic N) is 3. The highest BCUT2D eigenvalue weighted by atomic mass is 35.5. The lowest BCUT2D eigenvalue weighted by Crippen LogP contribution is -2.35. The normalized spacial score (nSPS) is 12.0. The third kappa shape index (κ3) is 4.95. The third-order valence-corrected chi connectivity index (χ3v) is 4.95. The van der Waals surface area contributed by atoms with Crippen molar-refractivity contribution >= 4 is 17.5 Å². The Morgan fingerprint density at radius 2 is 2.18 bits per heavy atom. The van der Waals surface area contributed by atoms with E-state index in [4.69, 9.17) is 20.8 Å². The van der Waals surface area contributed by atoms with E-state index >= 15 is 0 Å². The van der Waals surface area contributed by atoms with E-state index in [1.807, 2.05) is 38.1 Å². The monoisotopic (exact) mass is 401 g/mol. The topological polar surface area (TPSA) is 60.5 Å². The average Bonchev–Trinajstić information content (AvgIpc) is 3.36. The first-order valence-electron chi connectivity index (χ1n) is 9.16. The van der Waals surface area contributed by atoms with Gasteiger partial charge in [0.1, 0.15) is 11.5 Å². The molecule has 0 saturated heterocycles. The summed E-state index contributed by atoms with van der Waals surface area (Å²) < 4.78 is 12.7. The number of hydrogen-bond donors (Lipinski definition) is 0. The molecule has 6 nitrogen and oxygen atoms in total. The SMILES string of the molecule is Cc1cc(Cl)ccc1OCn1ccc(C(=O)N(C)C(C)CCc2ccco2)n1. The van der Waals surface area contributed by atoms with E-state index in [-0.39, 0.29) is 18.7 Å². The summed E-state index contributed by atoms with van der Waals surface area (Å²) in [5, 5.41) is 5.01. The maximum absolute atomic E-state index is 12.7. The van der Waals surface area contributed by atoms with Crippen molar-refractivity contribution in [3.63, 3.8) is 0 Å². The van der Waals surface area contributed by atoms with Crippen molar-refractivity contribution in [2.24, 2.45) is 0 Å². The number of aryl methyl sites for hydroxylation is 2. The second-order valence-corrected chi connectivity index (χ2v) is 7.24. The van der Waals surface area contributed by atoms with E-state index in [9.17, 15) is 4.79 Å². The van der Waals surface area contributed by atoms with E-state index in [1.54, 1.807) is 41.2 Å². The molecule has 7 heteroatoms. The number of hydrogen-bond acceptors (Lipinski definition) is 4. The predicted octanol–water partition coefficient (Wildman–Crippen LogP) is 4.57. The Labute approximate surface area is 169 Å². The maximum atomic E-state index is 12.7. The molecule has 148 valence electrons. The fourth-order valence-electron chi connectivity index (χ4n) is 2.84. The molecule has 3 rings (SSSR count). The molecule has 0 aliphatic carbocycles. The smallest absolute Gasteiger partial charge is 0.274 e. The van der Waals surface area contributed by atoms with Crippen molar-refractivity contribution in [2.45, 2.75) is 39.5 Å². The van der Waals surface area contributed by atoms with E-state index in [0.29, 0.717) is 10.7 Å². The molecule has 0 N–H and O–H groups in total. The molecule has 0 aliphatic heterocycles. The summed E-state index contributed by atoms with van der Waals surface area (Å²) in [6, 6.07) is 11.0. The van der Waals surface area contributed by atoms with Crippen LogP contribution >= 0.6 is 11.6 Å². The first kappa shape index (κ1) is 20.0. The zero-order valence-electron chi connectivity index (χ0n) is 16.3. The summed E-state index contributed by atoms with van der Waals surface area (Å²) in [4.78, 5) is 14.4. The molecule has 28 heavy (non-hydrogen) atoms. The molecule has 0 saturated carbocycles. The fraction of sp³-hybridized carbons (Fsp3) is 0.333. The predicted molar refractivity (Wildman–Crippen MR) is 108 cm³/mol. The molecule has 1 atom stereocenters. The molecule has 2 heterocycles. The van der Waals surface area contributed by atoms with E-state index in [2.05, 4.69) is 5.10 Å². The van der Waals surface area contributed by atoms with Crippen LogP contribution in [-0.4, -0.2) is 33.7 Å². The Morgan fingerprint density at radius 1 is 1.36 bits per heavy atom. The maximum Gasteiger partial charge on any atom is 0.274 e. The highest BCUT2D eigenvalue weighted by Gasteiger charge is 2.20. The highest BCUT2D eigenvalue weighted by Crippen LogP contribution is 2.22. The van der Waals surface area contributed by atoms with Crippen LogP contribution in [0.1, 0.15) is 35.2 Å². The van der Waals surface area contributed by atoms with Crippen LogP contribution in [0, 0.1) is 6.92 Å². The lowest BCUT2D eigenvalue weighted by Gasteiger charge is -2.23. The number of furan rings is 1. The molecule has 2 aromatic heterocycles. The zero-order chi connectivity index (χ0) is 20.1. The number of aromatic nitrogens is 2. The summed E-state index contributed by atoms with van der Waals surface area (Å²) in [7, 11) is 1.79. The Balaban J connectivity index is 1.55. The number of carbonyl (C=O) groups is 1. The van der Waals surface area contributed by atoms with E-state index in [1.165, 1.54) is 0 Å². The minimum atomic E-state index is -0.117. The quantitative estimate of drug-likeness (QED) is 0.554. The van der Waals surface area contributed by atoms with Crippen LogP contribution in [-0.2, 0) is 13.2 Å². The van der Waals surface area contributed by atoms with Crippen molar-refractivity contribution in [2.75, 3.05) is 7.05 Å². The van der Waals surface area contributed by atoms with Gasteiger partial charge >= 0.3 is 0 Å². The largest absolute Gasteiger partial charge is 0.471 e. The standard InChI is InChI=1S/C21H24ClN3O3/c1-15-13-17(22)7-9-20(15)28-14-25-11-10-19(23-25)21(26)24(3)16(2)6-8-18-5-4-12-27-18/h4-5,7,9-13,16H,6,8,14H2,1-3H3. The zero-order valence-corrected chi connectivity index (χ0v) is 17.0. The van der Waals surface area contributed by atoms with Gasteiger partial charge in [0.25, 0.3) is 5.91 Å². The van der Waals surface area contributed by atoms with Gasteiger partial charge in [-0.15, -0.1) is 0 Å². The van der Waals surface area contributed by atoms with Gasteiger partial charge in [0, 0.05) is 30.7 Å². The Morgan fingerprint density at radius 3 is 2.89 bits per heavy atom. The first-order chi connectivity index (χ1) is 13.4. The van der Waals surface area contributed by atoms with Gasteiger partial charge in [-0.05, 0) is 62.2 Å².